The Labute approximate surface area is 178 Å². The average Bonchev–Trinajstić information content (AvgIpc) is 3.09. The predicted octanol–water partition coefficient (Wildman–Crippen LogP) is 4.73. The number of allylic oxidation sites excluding steroid dienone is 1. The Morgan fingerprint density at radius 2 is 1.73 bits per heavy atom. The summed E-state index contributed by atoms with van der Waals surface area (Å²) in [5, 5.41) is 0. The first-order valence-corrected chi connectivity index (χ1v) is 10.2. The van der Waals surface area contributed by atoms with Crippen LogP contribution in [0.15, 0.2) is 47.2 Å². The third-order valence-electron chi connectivity index (χ3n) is 5.51. The zero-order valence-corrected chi connectivity index (χ0v) is 18.9. The van der Waals surface area contributed by atoms with Gasteiger partial charge in [-0.15, -0.1) is 0 Å². The quantitative estimate of drug-likeness (QED) is 0.533. The van der Waals surface area contributed by atoms with Crippen LogP contribution in [0.2, 0.25) is 0 Å². The lowest BCUT2D eigenvalue weighted by Gasteiger charge is -2.19. The van der Waals surface area contributed by atoms with Crippen molar-refractivity contribution in [2.75, 3.05) is 13.7 Å². The highest BCUT2D eigenvalue weighted by Crippen LogP contribution is 2.33. The van der Waals surface area contributed by atoms with Crippen molar-refractivity contribution in [3.63, 3.8) is 0 Å². The fourth-order valence-corrected chi connectivity index (χ4v) is 3.99. The van der Waals surface area contributed by atoms with Crippen LogP contribution >= 0.6 is 0 Å². The standard InChI is InChI=1S/C25H30N2O3/c1-15(2)14-26-19(6)23(25(29)30-7)22(24(26)28)13-20-12-17(4)27(18(20)5)21-10-8-16(3)9-11-21/h8-13,15H,14H2,1-7H3/b22-13-. The Bertz CT molecular complexity index is 1050. The first-order valence-electron chi connectivity index (χ1n) is 10.2. The molecule has 1 aromatic carbocycles. The first kappa shape index (κ1) is 21.6. The van der Waals surface area contributed by atoms with Gasteiger partial charge in [0, 0.05) is 29.3 Å². The predicted molar refractivity (Wildman–Crippen MR) is 119 cm³/mol. The van der Waals surface area contributed by atoms with Gasteiger partial charge < -0.3 is 14.2 Å². The zero-order valence-electron chi connectivity index (χ0n) is 18.9. The molecule has 1 aromatic heterocycles. The van der Waals surface area contributed by atoms with Crippen molar-refractivity contribution in [1.29, 1.82) is 0 Å². The second kappa shape index (κ2) is 8.34. The summed E-state index contributed by atoms with van der Waals surface area (Å²) < 4.78 is 7.15. The van der Waals surface area contributed by atoms with Gasteiger partial charge in [0.1, 0.15) is 0 Å². The Morgan fingerprint density at radius 3 is 2.30 bits per heavy atom. The minimum Gasteiger partial charge on any atom is -0.465 e. The van der Waals surface area contributed by atoms with Crippen LogP contribution in [0.5, 0.6) is 0 Å². The Hall–Kier alpha value is -3.08. The summed E-state index contributed by atoms with van der Waals surface area (Å²) in [6.45, 7) is 12.6. The van der Waals surface area contributed by atoms with Gasteiger partial charge in [-0.1, -0.05) is 31.5 Å². The number of hydrogen-bond donors (Lipinski definition) is 0. The molecule has 1 aliphatic rings. The molecule has 0 saturated heterocycles. The summed E-state index contributed by atoms with van der Waals surface area (Å²) in [6, 6.07) is 10.4. The number of amides is 1. The summed E-state index contributed by atoms with van der Waals surface area (Å²) in [5.41, 5.74) is 6.66. The van der Waals surface area contributed by atoms with Gasteiger partial charge in [0.15, 0.2) is 0 Å². The lowest BCUT2D eigenvalue weighted by atomic mass is 10.0. The fourth-order valence-electron chi connectivity index (χ4n) is 3.99. The molecular formula is C25H30N2O3. The molecule has 0 aliphatic carbocycles. The number of methoxy groups -OCH3 is 1. The average molecular weight is 407 g/mol. The number of aryl methyl sites for hydroxylation is 2. The lowest BCUT2D eigenvalue weighted by molar-refractivity contribution is -0.136. The van der Waals surface area contributed by atoms with Crippen molar-refractivity contribution in [3.05, 3.63) is 69.7 Å². The van der Waals surface area contributed by atoms with Gasteiger partial charge in [-0.2, -0.15) is 0 Å². The van der Waals surface area contributed by atoms with Crippen LogP contribution in [0.25, 0.3) is 11.8 Å². The number of carbonyl (C=O) groups excluding carboxylic acids is 2. The van der Waals surface area contributed by atoms with Crippen molar-refractivity contribution in [2.24, 2.45) is 5.92 Å². The van der Waals surface area contributed by atoms with Crippen molar-refractivity contribution >= 4 is 18.0 Å². The summed E-state index contributed by atoms with van der Waals surface area (Å²) >= 11 is 0. The third kappa shape index (κ3) is 3.84. The van der Waals surface area contributed by atoms with Crippen LogP contribution in [-0.4, -0.2) is 35.0 Å². The van der Waals surface area contributed by atoms with Crippen molar-refractivity contribution in [1.82, 2.24) is 9.47 Å². The number of carbonyl (C=O) groups is 2. The third-order valence-corrected chi connectivity index (χ3v) is 5.51. The van der Waals surface area contributed by atoms with Crippen LogP contribution in [0.1, 0.15) is 43.3 Å². The van der Waals surface area contributed by atoms with Crippen molar-refractivity contribution in [3.8, 4) is 5.69 Å². The number of ether oxygens (including phenoxy) is 1. The number of esters is 1. The molecule has 2 aromatic rings. The van der Waals surface area contributed by atoms with E-state index >= 15 is 0 Å². The second-order valence-corrected chi connectivity index (χ2v) is 8.32. The maximum Gasteiger partial charge on any atom is 0.340 e. The number of benzene rings is 1. The molecule has 0 N–H and O–H groups in total. The van der Waals surface area contributed by atoms with E-state index in [2.05, 4.69) is 49.6 Å². The van der Waals surface area contributed by atoms with Crippen LogP contribution in [-0.2, 0) is 14.3 Å². The highest BCUT2D eigenvalue weighted by molar-refractivity contribution is 6.16. The minimum absolute atomic E-state index is 0.151. The zero-order chi connectivity index (χ0) is 22.2. The first-order chi connectivity index (χ1) is 14.1. The molecule has 0 saturated carbocycles. The molecule has 3 rings (SSSR count). The van der Waals surface area contributed by atoms with E-state index in [4.69, 9.17) is 4.74 Å². The largest absolute Gasteiger partial charge is 0.465 e. The smallest absolute Gasteiger partial charge is 0.340 e. The van der Waals surface area contributed by atoms with Gasteiger partial charge in [-0.25, -0.2) is 4.79 Å². The number of aromatic nitrogens is 1. The molecular weight excluding hydrogens is 376 g/mol. The molecule has 2 heterocycles. The Morgan fingerprint density at radius 1 is 1.10 bits per heavy atom. The molecule has 1 aliphatic heterocycles. The molecule has 0 unspecified atom stereocenters. The van der Waals surface area contributed by atoms with E-state index in [1.165, 1.54) is 12.7 Å². The fraction of sp³-hybridized carbons (Fsp3) is 0.360. The molecule has 158 valence electrons. The van der Waals surface area contributed by atoms with Gasteiger partial charge in [-0.05, 0) is 63.5 Å². The molecule has 0 atom stereocenters. The monoisotopic (exact) mass is 406 g/mol. The van der Waals surface area contributed by atoms with Gasteiger partial charge in [0.25, 0.3) is 5.91 Å². The maximum absolute atomic E-state index is 13.2. The number of rotatable bonds is 5. The number of nitrogens with zero attached hydrogens (tertiary/aromatic N) is 2. The molecule has 1 amide bonds. The summed E-state index contributed by atoms with van der Waals surface area (Å²) in [6.07, 6.45) is 1.82. The highest BCUT2D eigenvalue weighted by atomic mass is 16.5. The lowest BCUT2D eigenvalue weighted by Crippen LogP contribution is -2.28. The van der Waals surface area contributed by atoms with Crippen LogP contribution < -0.4 is 0 Å². The summed E-state index contributed by atoms with van der Waals surface area (Å²) in [5.74, 6) is -0.346. The highest BCUT2D eigenvalue weighted by Gasteiger charge is 2.37. The van der Waals surface area contributed by atoms with Crippen molar-refractivity contribution < 1.29 is 14.3 Å². The summed E-state index contributed by atoms with van der Waals surface area (Å²) in [4.78, 5) is 27.4. The van der Waals surface area contributed by atoms with E-state index in [9.17, 15) is 9.59 Å². The van der Waals surface area contributed by atoms with E-state index in [0.29, 0.717) is 23.4 Å². The van der Waals surface area contributed by atoms with E-state index in [1.54, 1.807) is 4.90 Å². The summed E-state index contributed by atoms with van der Waals surface area (Å²) in [7, 11) is 1.35. The molecule has 0 bridgehead atoms. The van der Waals surface area contributed by atoms with Gasteiger partial charge in [0.05, 0.1) is 18.3 Å². The molecule has 5 nitrogen and oxygen atoms in total. The van der Waals surface area contributed by atoms with Gasteiger partial charge in [0.2, 0.25) is 0 Å². The van der Waals surface area contributed by atoms with Gasteiger partial charge in [-0.3, -0.25) is 4.79 Å². The normalized spacial score (nSPS) is 15.7. The van der Waals surface area contributed by atoms with Crippen LogP contribution in [0, 0.1) is 26.7 Å². The minimum atomic E-state index is -0.481. The SMILES string of the molecule is COC(=O)C1=C(C)N(CC(C)C)C(=O)/C1=C\c1cc(C)n(-c2ccc(C)cc2)c1C. The van der Waals surface area contributed by atoms with E-state index < -0.39 is 5.97 Å². The molecule has 0 spiro atoms. The van der Waals surface area contributed by atoms with E-state index in [-0.39, 0.29) is 11.8 Å². The van der Waals surface area contributed by atoms with E-state index in [0.717, 1.165) is 22.6 Å². The maximum atomic E-state index is 13.2. The van der Waals surface area contributed by atoms with Gasteiger partial charge >= 0.3 is 5.97 Å². The van der Waals surface area contributed by atoms with E-state index in [1.807, 2.05) is 32.9 Å². The Kier molecular flexibility index (Phi) is 6.01. The van der Waals surface area contributed by atoms with Crippen LogP contribution in [0.4, 0.5) is 0 Å². The van der Waals surface area contributed by atoms with Crippen LogP contribution in [0.3, 0.4) is 0 Å². The number of hydrogen-bond acceptors (Lipinski definition) is 3. The molecule has 5 heteroatoms. The molecule has 30 heavy (non-hydrogen) atoms. The Balaban J connectivity index is 2.11. The molecule has 0 radical (unpaired) electrons. The molecule has 0 fully saturated rings. The van der Waals surface area contributed by atoms with Crippen molar-refractivity contribution in [2.45, 2.75) is 41.5 Å². The second-order valence-electron chi connectivity index (χ2n) is 8.32. The topological polar surface area (TPSA) is 51.5 Å².